The Morgan fingerprint density at radius 1 is 0.943 bits per heavy atom. The minimum atomic E-state index is -0.591. The van der Waals surface area contributed by atoms with E-state index in [2.05, 4.69) is 5.32 Å². The Morgan fingerprint density at radius 3 is 2.31 bits per heavy atom. The van der Waals surface area contributed by atoms with Crippen LogP contribution in [0.2, 0.25) is 15.1 Å². The third-order valence-corrected chi connectivity index (χ3v) is 6.15. The molecule has 0 saturated carbocycles. The fourth-order valence-electron chi connectivity index (χ4n) is 3.40. The number of carbonyl (C=O) groups is 2. The fraction of sp³-hybridized carbons (Fsp3) is 0.0800. The van der Waals surface area contributed by atoms with Gasteiger partial charge in [-0.05, 0) is 78.5 Å². The number of halogens is 3. The third-order valence-electron chi connectivity index (χ3n) is 5.08. The summed E-state index contributed by atoms with van der Waals surface area (Å²) in [6.45, 7) is 0.128. The number of hydrogen-bond donors (Lipinski definition) is 1. The lowest BCUT2D eigenvalue weighted by Crippen LogP contribution is -2.54. The number of amides is 2. The average Bonchev–Trinajstić information content (AvgIpc) is 2.82. The first-order valence-electron chi connectivity index (χ1n) is 10.2. The molecule has 1 saturated heterocycles. The summed E-state index contributed by atoms with van der Waals surface area (Å²) in [5.41, 5.74) is 1.68. The first-order chi connectivity index (χ1) is 16.8. The Kier molecular flexibility index (Phi) is 7.62. The molecule has 4 rings (SSSR count). The molecule has 2 amide bonds. The Morgan fingerprint density at radius 2 is 1.63 bits per heavy atom. The highest BCUT2D eigenvalue weighted by atomic mass is 35.5. The van der Waals surface area contributed by atoms with Crippen LogP contribution in [0.5, 0.6) is 11.5 Å². The first kappa shape index (κ1) is 25.0. The maximum atomic E-state index is 13.2. The highest BCUT2D eigenvalue weighted by Gasteiger charge is 2.34. The second-order valence-corrected chi connectivity index (χ2v) is 9.04. The van der Waals surface area contributed by atoms with Crippen molar-refractivity contribution in [2.45, 2.75) is 6.61 Å². The van der Waals surface area contributed by atoms with Crippen LogP contribution in [0.4, 0.5) is 5.69 Å². The quantitative estimate of drug-likeness (QED) is 0.231. The largest absolute Gasteiger partial charge is 0.496 e. The van der Waals surface area contributed by atoms with Crippen LogP contribution >= 0.6 is 47.0 Å². The predicted octanol–water partition coefficient (Wildman–Crippen LogP) is 6.07. The number of benzene rings is 3. The molecule has 178 valence electrons. The summed E-state index contributed by atoms with van der Waals surface area (Å²) in [6.07, 6.45) is 1.49. The van der Waals surface area contributed by atoms with Crippen LogP contribution in [0.1, 0.15) is 11.1 Å². The topological polar surface area (TPSA) is 67.9 Å². The van der Waals surface area contributed by atoms with E-state index in [1.165, 1.54) is 18.1 Å². The van der Waals surface area contributed by atoms with Crippen LogP contribution < -0.4 is 19.7 Å². The Labute approximate surface area is 222 Å². The molecule has 1 aliphatic heterocycles. The molecule has 3 aromatic carbocycles. The Bertz CT molecular complexity index is 1360. The van der Waals surface area contributed by atoms with Crippen molar-refractivity contribution in [3.05, 3.63) is 92.4 Å². The smallest absolute Gasteiger partial charge is 0.270 e. The van der Waals surface area contributed by atoms with Gasteiger partial charge in [-0.2, -0.15) is 0 Å². The van der Waals surface area contributed by atoms with Crippen molar-refractivity contribution in [1.82, 2.24) is 5.32 Å². The van der Waals surface area contributed by atoms with E-state index in [1.54, 1.807) is 60.7 Å². The van der Waals surface area contributed by atoms with Gasteiger partial charge in [0.25, 0.3) is 11.8 Å². The molecule has 1 heterocycles. The van der Waals surface area contributed by atoms with Crippen molar-refractivity contribution < 1.29 is 19.1 Å². The fourth-order valence-corrected chi connectivity index (χ4v) is 4.27. The maximum absolute atomic E-state index is 13.2. The van der Waals surface area contributed by atoms with Crippen molar-refractivity contribution in [3.8, 4) is 11.5 Å². The van der Waals surface area contributed by atoms with Gasteiger partial charge < -0.3 is 9.47 Å². The van der Waals surface area contributed by atoms with Crippen molar-refractivity contribution >= 4 is 75.7 Å². The number of anilines is 1. The number of ether oxygens (including phenoxy) is 2. The van der Waals surface area contributed by atoms with Gasteiger partial charge in [0.15, 0.2) is 5.11 Å². The minimum Gasteiger partial charge on any atom is -0.496 e. The van der Waals surface area contributed by atoms with Gasteiger partial charge in [-0.25, -0.2) is 0 Å². The van der Waals surface area contributed by atoms with Crippen molar-refractivity contribution in [2.24, 2.45) is 0 Å². The van der Waals surface area contributed by atoms with Gasteiger partial charge in [-0.1, -0.05) is 40.9 Å². The summed E-state index contributed by atoms with van der Waals surface area (Å²) in [5, 5.41) is 3.93. The predicted molar refractivity (Wildman–Crippen MR) is 141 cm³/mol. The molecule has 0 unspecified atom stereocenters. The highest BCUT2D eigenvalue weighted by Crippen LogP contribution is 2.30. The van der Waals surface area contributed by atoms with E-state index in [-0.39, 0.29) is 17.3 Å². The molecule has 1 N–H and O–H groups in total. The van der Waals surface area contributed by atoms with E-state index >= 15 is 0 Å². The molecule has 3 aromatic rings. The monoisotopic (exact) mass is 546 g/mol. The van der Waals surface area contributed by atoms with Crippen LogP contribution in [0, 0.1) is 0 Å². The molecule has 0 atom stereocenters. The van der Waals surface area contributed by atoms with Gasteiger partial charge in [-0.15, -0.1) is 0 Å². The first-order valence-corrected chi connectivity index (χ1v) is 11.7. The number of thiocarbonyl (C=S) groups is 1. The van der Waals surface area contributed by atoms with Crippen molar-refractivity contribution in [3.63, 3.8) is 0 Å². The van der Waals surface area contributed by atoms with Gasteiger partial charge in [-0.3, -0.25) is 19.8 Å². The van der Waals surface area contributed by atoms with Crippen LogP contribution in [0.3, 0.4) is 0 Å². The van der Waals surface area contributed by atoms with E-state index in [9.17, 15) is 9.59 Å². The van der Waals surface area contributed by atoms with E-state index < -0.39 is 11.8 Å². The van der Waals surface area contributed by atoms with Crippen molar-refractivity contribution in [2.75, 3.05) is 12.0 Å². The molecule has 1 aliphatic rings. The van der Waals surface area contributed by atoms with Crippen LogP contribution in [-0.2, 0) is 16.2 Å². The minimum absolute atomic E-state index is 0.0110. The molecule has 0 aliphatic carbocycles. The summed E-state index contributed by atoms with van der Waals surface area (Å²) < 4.78 is 11.3. The zero-order valence-corrected chi connectivity index (χ0v) is 21.3. The molecule has 0 aromatic heterocycles. The zero-order chi connectivity index (χ0) is 25.1. The van der Waals surface area contributed by atoms with Gasteiger partial charge in [0.2, 0.25) is 0 Å². The second-order valence-electron chi connectivity index (χ2n) is 7.37. The number of methoxy groups -OCH3 is 1. The van der Waals surface area contributed by atoms with E-state index in [1.807, 2.05) is 0 Å². The molecule has 35 heavy (non-hydrogen) atoms. The van der Waals surface area contributed by atoms with E-state index in [0.717, 1.165) is 0 Å². The number of hydrogen-bond acceptors (Lipinski definition) is 5. The lowest BCUT2D eigenvalue weighted by Gasteiger charge is -2.29. The molecular weight excluding hydrogens is 531 g/mol. The molecule has 0 spiro atoms. The zero-order valence-electron chi connectivity index (χ0n) is 18.2. The van der Waals surface area contributed by atoms with E-state index in [0.29, 0.717) is 43.4 Å². The SMILES string of the molecule is COc1ccc(C=C2C(=O)NC(=S)N(c3ccc(Cl)cc3)C2=O)cc1COc1ccc(Cl)cc1Cl. The van der Waals surface area contributed by atoms with Crippen LogP contribution in [-0.4, -0.2) is 24.0 Å². The molecule has 10 heteroatoms. The summed E-state index contributed by atoms with van der Waals surface area (Å²) in [5.74, 6) is -0.120. The molecule has 0 radical (unpaired) electrons. The summed E-state index contributed by atoms with van der Waals surface area (Å²) in [7, 11) is 1.54. The van der Waals surface area contributed by atoms with E-state index in [4.69, 9.17) is 56.5 Å². The summed E-state index contributed by atoms with van der Waals surface area (Å²) in [4.78, 5) is 27.1. The van der Waals surface area contributed by atoms with Crippen LogP contribution in [0.15, 0.2) is 66.2 Å². The highest BCUT2D eigenvalue weighted by molar-refractivity contribution is 7.80. The average molecular weight is 548 g/mol. The number of rotatable bonds is 6. The Balaban J connectivity index is 1.63. The number of carbonyl (C=O) groups excluding carboxylic acids is 2. The third kappa shape index (κ3) is 5.60. The standard InChI is InChI=1S/C25H17Cl3N2O4S/c1-33-21-8-2-14(10-15(21)13-34-22-9-5-17(27)12-20(22)28)11-19-23(31)29-25(35)30(24(19)32)18-6-3-16(26)4-7-18/h2-12H,13H2,1H3,(H,29,31,35). The second kappa shape index (κ2) is 10.7. The van der Waals surface area contributed by atoms with Gasteiger partial charge in [0.1, 0.15) is 23.7 Å². The summed E-state index contributed by atoms with van der Waals surface area (Å²) >= 11 is 23.3. The van der Waals surface area contributed by atoms with Crippen molar-refractivity contribution in [1.29, 1.82) is 0 Å². The lowest BCUT2D eigenvalue weighted by atomic mass is 10.0. The maximum Gasteiger partial charge on any atom is 0.270 e. The molecule has 1 fully saturated rings. The lowest BCUT2D eigenvalue weighted by molar-refractivity contribution is -0.122. The van der Waals surface area contributed by atoms with Gasteiger partial charge in [0.05, 0.1) is 17.8 Å². The normalized spacial score (nSPS) is 14.8. The van der Waals surface area contributed by atoms with Crippen LogP contribution in [0.25, 0.3) is 6.08 Å². The Hall–Kier alpha value is -3.10. The molecular formula is C25H17Cl3N2O4S. The molecule has 6 nitrogen and oxygen atoms in total. The number of nitrogens with zero attached hydrogens (tertiary/aromatic N) is 1. The van der Waals surface area contributed by atoms with Gasteiger partial charge in [0, 0.05) is 15.6 Å². The van der Waals surface area contributed by atoms with Gasteiger partial charge >= 0.3 is 0 Å². The summed E-state index contributed by atoms with van der Waals surface area (Å²) in [6, 6.07) is 16.7. The molecule has 0 bridgehead atoms. The number of nitrogens with one attached hydrogen (secondary N) is 1.